The molecule has 2 saturated heterocycles. The molecule has 2 rings (SSSR count). The van der Waals surface area contributed by atoms with Crippen LogP contribution in [0.4, 0.5) is 0 Å². The second-order valence-electron chi connectivity index (χ2n) is 7.06. The Hall–Kier alpha value is -0.410. The van der Waals surface area contributed by atoms with Gasteiger partial charge in [-0.05, 0) is 26.3 Å². The highest BCUT2D eigenvalue weighted by Gasteiger charge is 2.34. The Balaban J connectivity index is 1.84. The molecule has 0 aromatic heterocycles. The summed E-state index contributed by atoms with van der Waals surface area (Å²) in [5, 5.41) is 0. The number of carbonyl (C=O) groups is 1. The van der Waals surface area contributed by atoms with Crippen molar-refractivity contribution in [2.24, 2.45) is 5.41 Å². The maximum atomic E-state index is 12.0. The average molecular weight is 252 g/mol. The van der Waals surface area contributed by atoms with Gasteiger partial charge in [0.15, 0.2) is 0 Å². The Bertz CT molecular complexity index is 308. The highest BCUT2D eigenvalue weighted by atomic mass is 16.1. The standard InChI is InChI=1S/C15H28N2O/c1-12-10-17-8-5-6-13(17)11-16(12)9-7-14(18)15(2,3)4/h12-13H,5-11H2,1-4H3. The molecular weight excluding hydrogens is 224 g/mol. The highest BCUT2D eigenvalue weighted by Crippen LogP contribution is 2.25. The minimum atomic E-state index is -0.182. The Morgan fingerprint density at radius 3 is 2.67 bits per heavy atom. The van der Waals surface area contributed by atoms with E-state index >= 15 is 0 Å². The van der Waals surface area contributed by atoms with Crippen LogP contribution in [0.1, 0.15) is 47.0 Å². The van der Waals surface area contributed by atoms with E-state index in [1.165, 1.54) is 32.5 Å². The summed E-state index contributed by atoms with van der Waals surface area (Å²) in [5.41, 5.74) is -0.182. The van der Waals surface area contributed by atoms with Crippen LogP contribution in [0, 0.1) is 5.41 Å². The third kappa shape index (κ3) is 3.12. The van der Waals surface area contributed by atoms with E-state index in [1.54, 1.807) is 0 Å². The normalized spacial score (nSPS) is 30.4. The molecular formula is C15H28N2O. The molecule has 0 radical (unpaired) electrons. The fraction of sp³-hybridized carbons (Fsp3) is 0.933. The maximum absolute atomic E-state index is 12.0. The Kier molecular flexibility index (Phi) is 4.12. The van der Waals surface area contributed by atoms with Gasteiger partial charge in [0.2, 0.25) is 0 Å². The Morgan fingerprint density at radius 1 is 1.28 bits per heavy atom. The van der Waals surface area contributed by atoms with Gasteiger partial charge >= 0.3 is 0 Å². The number of piperazine rings is 1. The number of fused-ring (bicyclic) bond motifs is 1. The van der Waals surface area contributed by atoms with E-state index in [0.29, 0.717) is 18.2 Å². The van der Waals surface area contributed by atoms with Gasteiger partial charge in [-0.1, -0.05) is 20.8 Å². The zero-order chi connectivity index (χ0) is 13.3. The van der Waals surface area contributed by atoms with E-state index in [-0.39, 0.29) is 5.41 Å². The van der Waals surface area contributed by atoms with Crippen LogP contribution in [0.5, 0.6) is 0 Å². The summed E-state index contributed by atoms with van der Waals surface area (Å²) in [6.45, 7) is 12.9. The van der Waals surface area contributed by atoms with Crippen molar-refractivity contribution in [2.75, 3.05) is 26.2 Å². The van der Waals surface area contributed by atoms with Crippen molar-refractivity contribution in [3.05, 3.63) is 0 Å². The Labute approximate surface area is 112 Å². The van der Waals surface area contributed by atoms with Crippen LogP contribution in [0.25, 0.3) is 0 Å². The number of hydrogen-bond acceptors (Lipinski definition) is 3. The molecule has 0 amide bonds. The number of carbonyl (C=O) groups excluding carboxylic acids is 1. The molecule has 0 aliphatic carbocycles. The van der Waals surface area contributed by atoms with Gasteiger partial charge < -0.3 is 0 Å². The van der Waals surface area contributed by atoms with Gasteiger partial charge in [0.1, 0.15) is 5.78 Å². The van der Waals surface area contributed by atoms with Gasteiger partial charge in [-0.25, -0.2) is 0 Å². The number of ketones is 1. The van der Waals surface area contributed by atoms with Crippen molar-refractivity contribution in [1.82, 2.24) is 9.80 Å². The molecule has 104 valence electrons. The van der Waals surface area contributed by atoms with Gasteiger partial charge in [-0.2, -0.15) is 0 Å². The van der Waals surface area contributed by atoms with Crippen molar-refractivity contribution in [1.29, 1.82) is 0 Å². The molecule has 0 aromatic rings. The molecule has 3 heteroatoms. The van der Waals surface area contributed by atoms with E-state index in [0.717, 1.165) is 12.6 Å². The van der Waals surface area contributed by atoms with E-state index in [9.17, 15) is 4.79 Å². The van der Waals surface area contributed by atoms with Gasteiger partial charge in [0.05, 0.1) is 0 Å². The number of rotatable bonds is 3. The third-order valence-electron chi connectivity index (χ3n) is 4.53. The summed E-state index contributed by atoms with van der Waals surface area (Å²) in [4.78, 5) is 17.2. The number of nitrogens with zero attached hydrogens (tertiary/aromatic N) is 2. The molecule has 2 atom stereocenters. The lowest BCUT2D eigenvalue weighted by molar-refractivity contribution is -0.126. The van der Waals surface area contributed by atoms with Crippen LogP contribution >= 0.6 is 0 Å². The van der Waals surface area contributed by atoms with Crippen molar-refractivity contribution in [3.63, 3.8) is 0 Å². The van der Waals surface area contributed by atoms with Crippen molar-refractivity contribution in [3.8, 4) is 0 Å². The summed E-state index contributed by atoms with van der Waals surface area (Å²) in [5.74, 6) is 0.392. The van der Waals surface area contributed by atoms with Crippen LogP contribution < -0.4 is 0 Å². The van der Waals surface area contributed by atoms with E-state index in [4.69, 9.17) is 0 Å². The van der Waals surface area contributed by atoms with E-state index in [1.807, 2.05) is 20.8 Å². The third-order valence-corrected chi connectivity index (χ3v) is 4.53. The summed E-state index contributed by atoms with van der Waals surface area (Å²) in [7, 11) is 0. The molecule has 0 spiro atoms. The average Bonchev–Trinajstić information content (AvgIpc) is 2.70. The fourth-order valence-electron chi connectivity index (χ4n) is 3.18. The second-order valence-corrected chi connectivity index (χ2v) is 7.06. The molecule has 2 aliphatic rings. The zero-order valence-corrected chi connectivity index (χ0v) is 12.4. The maximum Gasteiger partial charge on any atom is 0.139 e. The largest absolute Gasteiger partial charge is 0.299 e. The first kappa shape index (κ1) is 14.0. The Morgan fingerprint density at radius 2 is 2.00 bits per heavy atom. The summed E-state index contributed by atoms with van der Waals surface area (Å²) >= 11 is 0. The van der Waals surface area contributed by atoms with Crippen LogP contribution in [0.3, 0.4) is 0 Å². The predicted octanol–water partition coefficient (Wildman–Crippen LogP) is 2.16. The smallest absolute Gasteiger partial charge is 0.139 e. The summed E-state index contributed by atoms with van der Waals surface area (Å²) in [6.07, 6.45) is 3.41. The molecule has 0 aromatic carbocycles. The first-order valence-corrected chi connectivity index (χ1v) is 7.39. The first-order valence-electron chi connectivity index (χ1n) is 7.39. The van der Waals surface area contributed by atoms with Crippen LogP contribution in [0.15, 0.2) is 0 Å². The molecule has 2 aliphatic heterocycles. The molecule has 0 saturated carbocycles. The zero-order valence-electron chi connectivity index (χ0n) is 12.4. The van der Waals surface area contributed by atoms with Crippen LogP contribution in [0.2, 0.25) is 0 Å². The minimum Gasteiger partial charge on any atom is -0.299 e. The van der Waals surface area contributed by atoms with Crippen molar-refractivity contribution >= 4 is 5.78 Å². The SMILES string of the molecule is CC1CN2CCCC2CN1CCC(=O)C(C)(C)C. The monoisotopic (exact) mass is 252 g/mol. The molecule has 2 fully saturated rings. The summed E-state index contributed by atoms with van der Waals surface area (Å²) < 4.78 is 0. The molecule has 0 bridgehead atoms. The first-order chi connectivity index (χ1) is 8.38. The molecule has 2 heterocycles. The molecule has 0 N–H and O–H groups in total. The number of Topliss-reactive ketones (excluding diaryl/α,β-unsaturated/α-hetero) is 1. The van der Waals surface area contributed by atoms with E-state index in [2.05, 4.69) is 16.7 Å². The predicted molar refractivity (Wildman–Crippen MR) is 74.7 cm³/mol. The van der Waals surface area contributed by atoms with Crippen molar-refractivity contribution < 1.29 is 4.79 Å². The fourth-order valence-corrected chi connectivity index (χ4v) is 3.18. The van der Waals surface area contributed by atoms with Gasteiger partial charge in [0, 0.05) is 43.6 Å². The minimum absolute atomic E-state index is 0.182. The van der Waals surface area contributed by atoms with Gasteiger partial charge in [-0.3, -0.25) is 14.6 Å². The summed E-state index contributed by atoms with van der Waals surface area (Å²) in [6, 6.07) is 1.36. The molecule has 18 heavy (non-hydrogen) atoms. The number of hydrogen-bond donors (Lipinski definition) is 0. The second kappa shape index (κ2) is 5.30. The lowest BCUT2D eigenvalue weighted by atomic mass is 9.89. The van der Waals surface area contributed by atoms with Gasteiger partial charge in [-0.15, -0.1) is 0 Å². The van der Waals surface area contributed by atoms with Crippen LogP contribution in [-0.2, 0) is 4.79 Å². The van der Waals surface area contributed by atoms with Crippen molar-refractivity contribution in [2.45, 2.75) is 59.0 Å². The van der Waals surface area contributed by atoms with Gasteiger partial charge in [0.25, 0.3) is 0 Å². The molecule has 2 unspecified atom stereocenters. The lowest BCUT2D eigenvalue weighted by Crippen LogP contribution is -2.55. The highest BCUT2D eigenvalue weighted by molar-refractivity contribution is 5.83. The van der Waals surface area contributed by atoms with E-state index < -0.39 is 0 Å². The topological polar surface area (TPSA) is 23.6 Å². The van der Waals surface area contributed by atoms with Crippen LogP contribution in [-0.4, -0.2) is 53.8 Å². The quantitative estimate of drug-likeness (QED) is 0.769. The lowest BCUT2D eigenvalue weighted by Gasteiger charge is -2.42. The molecule has 3 nitrogen and oxygen atoms in total.